The van der Waals surface area contributed by atoms with Gasteiger partial charge in [-0.3, -0.25) is 9.78 Å². The molecule has 142 valence electrons. The zero-order valence-corrected chi connectivity index (χ0v) is 16.1. The maximum Gasteiger partial charge on any atom is 0.253 e. The second-order valence-corrected chi connectivity index (χ2v) is 6.95. The number of nitrogens with one attached hydrogen (secondary N) is 1. The van der Waals surface area contributed by atoms with Crippen molar-refractivity contribution in [1.29, 1.82) is 0 Å². The third-order valence-electron chi connectivity index (χ3n) is 5.11. The van der Waals surface area contributed by atoms with E-state index in [9.17, 15) is 4.79 Å². The summed E-state index contributed by atoms with van der Waals surface area (Å²) in [7, 11) is 0. The Balaban J connectivity index is 1.44. The van der Waals surface area contributed by atoms with Crippen LogP contribution in [-0.4, -0.2) is 22.0 Å². The van der Waals surface area contributed by atoms with Gasteiger partial charge in [-0.2, -0.15) is 0 Å². The number of carbonyl (C=O) groups is 1. The summed E-state index contributed by atoms with van der Waals surface area (Å²) in [6.45, 7) is 5.17. The molecule has 3 aromatic heterocycles. The highest BCUT2D eigenvalue weighted by molar-refractivity contribution is 5.95. The molecule has 1 aromatic carbocycles. The molecule has 0 atom stereocenters. The molecule has 0 saturated carbocycles. The summed E-state index contributed by atoms with van der Waals surface area (Å²) >= 11 is 0. The van der Waals surface area contributed by atoms with Gasteiger partial charge in [-0.25, -0.2) is 0 Å². The molecule has 0 spiro atoms. The minimum Gasteiger partial charge on any atom is -0.467 e. The van der Waals surface area contributed by atoms with E-state index < -0.39 is 0 Å². The quantitative estimate of drug-likeness (QED) is 0.549. The van der Waals surface area contributed by atoms with Crippen molar-refractivity contribution in [3.63, 3.8) is 0 Å². The molecule has 0 aliphatic heterocycles. The van der Waals surface area contributed by atoms with Gasteiger partial charge in [0, 0.05) is 29.5 Å². The Morgan fingerprint density at radius 1 is 1.14 bits per heavy atom. The summed E-state index contributed by atoms with van der Waals surface area (Å²) in [5.74, 6) is 0.823. The fourth-order valence-corrected chi connectivity index (χ4v) is 3.61. The van der Waals surface area contributed by atoms with E-state index in [0.29, 0.717) is 18.7 Å². The second-order valence-electron chi connectivity index (χ2n) is 6.95. The van der Waals surface area contributed by atoms with Gasteiger partial charge < -0.3 is 14.3 Å². The number of rotatable bonds is 6. The van der Waals surface area contributed by atoms with Crippen LogP contribution in [0.3, 0.4) is 0 Å². The second kappa shape index (κ2) is 7.72. The van der Waals surface area contributed by atoms with Crippen LogP contribution in [0.25, 0.3) is 10.9 Å². The number of amides is 1. The van der Waals surface area contributed by atoms with Gasteiger partial charge in [0.1, 0.15) is 5.76 Å². The van der Waals surface area contributed by atoms with E-state index in [2.05, 4.69) is 33.1 Å². The van der Waals surface area contributed by atoms with Gasteiger partial charge in [0.25, 0.3) is 5.91 Å². The zero-order chi connectivity index (χ0) is 19.5. The molecular weight excluding hydrogens is 350 g/mol. The first-order valence-electron chi connectivity index (χ1n) is 9.43. The highest BCUT2D eigenvalue weighted by Crippen LogP contribution is 2.18. The van der Waals surface area contributed by atoms with Gasteiger partial charge in [0.15, 0.2) is 0 Å². The lowest BCUT2D eigenvalue weighted by Crippen LogP contribution is -2.26. The van der Waals surface area contributed by atoms with E-state index in [1.54, 1.807) is 12.5 Å². The Kier molecular flexibility index (Phi) is 4.98. The predicted octanol–water partition coefficient (Wildman–Crippen LogP) is 4.27. The molecule has 0 aliphatic rings. The van der Waals surface area contributed by atoms with Crippen molar-refractivity contribution in [2.45, 2.75) is 26.8 Å². The first-order valence-corrected chi connectivity index (χ1v) is 9.43. The molecular formula is C23H23N3O2. The van der Waals surface area contributed by atoms with Gasteiger partial charge in [0.05, 0.1) is 23.9 Å². The third-order valence-corrected chi connectivity index (χ3v) is 5.11. The van der Waals surface area contributed by atoms with Crippen molar-refractivity contribution in [1.82, 2.24) is 14.9 Å². The molecule has 0 aliphatic carbocycles. The number of benzene rings is 1. The minimum absolute atomic E-state index is 0.0491. The van der Waals surface area contributed by atoms with Gasteiger partial charge in [-0.1, -0.05) is 24.3 Å². The molecule has 28 heavy (non-hydrogen) atoms. The molecule has 4 rings (SSSR count). The molecule has 5 nitrogen and oxygen atoms in total. The predicted molar refractivity (Wildman–Crippen MR) is 109 cm³/mol. The van der Waals surface area contributed by atoms with Crippen LogP contribution in [0.2, 0.25) is 0 Å². The third kappa shape index (κ3) is 3.56. The van der Waals surface area contributed by atoms with Crippen LogP contribution in [0.4, 0.5) is 0 Å². The Morgan fingerprint density at radius 2 is 2.00 bits per heavy atom. The number of hydrogen-bond acceptors (Lipinski definition) is 3. The number of para-hydroxylation sites is 1. The number of carbonyl (C=O) groups excluding carboxylic acids is 1. The van der Waals surface area contributed by atoms with Crippen LogP contribution >= 0.6 is 0 Å². The summed E-state index contributed by atoms with van der Waals surface area (Å²) in [4.78, 5) is 17.2. The summed E-state index contributed by atoms with van der Waals surface area (Å²) in [6, 6.07) is 15.9. The van der Waals surface area contributed by atoms with Crippen molar-refractivity contribution in [3.8, 4) is 0 Å². The maximum absolute atomic E-state index is 12.7. The van der Waals surface area contributed by atoms with Crippen molar-refractivity contribution in [2.24, 2.45) is 0 Å². The molecule has 1 N–H and O–H groups in total. The maximum atomic E-state index is 12.7. The first kappa shape index (κ1) is 18.0. The Hall–Kier alpha value is -3.34. The van der Waals surface area contributed by atoms with E-state index in [4.69, 9.17) is 4.42 Å². The van der Waals surface area contributed by atoms with E-state index in [1.807, 2.05) is 44.2 Å². The fourth-order valence-electron chi connectivity index (χ4n) is 3.61. The van der Waals surface area contributed by atoms with Gasteiger partial charge in [-0.15, -0.1) is 0 Å². The number of aryl methyl sites for hydroxylation is 1. The van der Waals surface area contributed by atoms with Crippen molar-refractivity contribution < 1.29 is 9.21 Å². The average molecular weight is 373 g/mol. The normalized spacial score (nSPS) is 11.1. The zero-order valence-electron chi connectivity index (χ0n) is 16.1. The van der Waals surface area contributed by atoms with Crippen molar-refractivity contribution in [2.75, 3.05) is 6.54 Å². The van der Waals surface area contributed by atoms with Crippen molar-refractivity contribution >= 4 is 16.8 Å². The van der Waals surface area contributed by atoms with Crippen LogP contribution in [0.15, 0.2) is 65.4 Å². The fraction of sp³-hybridized carbons (Fsp3) is 0.217. The van der Waals surface area contributed by atoms with Gasteiger partial charge >= 0.3 is 0 Å². The monoisotopic (exact) mass is 373 g/mol. The molecule has 4 aromatic rings. The SMILES string of the molecule is Cc1cc(C(=O)NCCc2cccc3cccnc23)c(C)n1Cc1ccco1. The molecule has 5 heteroatoms. The van der Waals surface area contributed by atoms with E-state index >= 15 is 0 Å². The highest BCUT2D eigenvalue weighted by Gasteiger charge is 2.16. The topological polar surface area (TPSA) is 60.1 Å². The minimum atomic E-state index is -0.0491. The molecule has 0 fully saturated rings. The first-order chi connectivity index (χ1) is 13.6. The Morgan fingerprint density at radius 3 is 2.82 bits per heavy atom. The van der Waals surface area contributed by atoms with Crippen LogP contribution in [0, 0.1) is 13.8 Å². The van der Waals surface area contributed by atoms with E-state index in [-0.39, 0.29) is 5.91 Å². The molecule has 3 heterocycles. The smallest absolute Gasteiger partial charge is 0.253 e. The lowest BCUT2D eigenvalue weighted by Gasteiger charge is -2.09. The molecule has 0 radical (unpaired) electrons. The lowest BCUT2D eigenvalue weighted by atomic mass is 10.1. The number of pyridine rings is 1. The Bertz CT molecular complexity index is 1110. The molecule has 0 unspecified atom stereocenters. The summed E-state index contributed by atoms with van der Waals surface area (Å²) in [5, 5.41) is 4.17. The number of aromatic nitrogens is 2. The summed E-state index contributed by atoms with van der Waals surface area (Å²) in [6.07, 6.45) is 4.21. The van der Waals surface area contributed by atoms with E-state index in [0.717, 1.165) is 40.0 Å². The molecule has 0 bridgehead atoms. The number of fused-ring (bicyclic) bond motifs is 1. The molecule has 0 saturated heterocycles. The van der Waals surface area contributed by atoms with Crippen LogP contribution in [-0.2, 0) is 13.0 Å². The van der Waals surface area contributed by atoms with Gasteiger partial charge in [-0.05, 0) is 50.1 Å². The standard InChI is InChI=1S/C23H23N3O2/c1-16-14-21(17(2)26(16)15-20-9-5-13-28-20)23(27)25-12-10-19-7-3-6-18-8-4-11-24-22(18)19/h3-9,11,13-14H,10,12,15H2,1-2H3,(H,25,27). The van der Waals surface area contributed by atoms with Crippen LogP contribution in [0.1, 0.15) is 33.1 Å². The van der Waals surface area contributed by atoms with Crippen LogP contribution < -0.4 is 5.32 Å². The summed E-state index contributed by atoms with van der Waals surface area (Å²) < 4.78 is 7.54. The number of hydrogen-bond donors (Lipinski definition) is 1. The van der Waals surface area contributed by atoms with E-state index in [1.165, 1.54) is 0 Å². The van der Waals surface area contributed by atoms with Crippen molar-refractivity contribution in [3.05, 3.63) is 89.3 Å². The molecule has 1 amide bonds. The lowest BCUT2D eigenvalue weighted by molar-refractivity contribution is 0.0953. The summed E-state index contributed by atoms with van der Waals surface area (Å²) in [5.41, 5.74) is 4.83. The highest BCUT2D eigenvalue weighted by atomic mass is 16.3. The van der Waals surface area contributed by atoms with Crippen LogP contribution in [0.5, 0.6) is 0 Å². The number of furan rings is 1. The van der Waals surface area contributed by atoms with Gasteiger partial charge in [0.2, 0.25) is 0 Å². The number of nitrogens with zero attached hydrogens (tertiary/aromatic N) is 2. The Labute approximate surface area is 164 Å². The largest absolute Gasteiger partial charge is 0.467 e. The average Bonchev–Trinajstić information content (AvgIpc) is 3.32.